The molecule has 0 bridgehead atoms. The number of rotatable bonds is 3. The van der Waals surface area contributed by atoms with Gasteiger partial charge in [-0.25, -0.2) is 0 Å². The van der Waals surface area contributed by atoms with Crippen LogP contribution in [0.25, 0.3) is 0 Å². The van der Waals surface area contributed by atoms with Gasteiger partial charge in [-0.1, -0.05) is 31.9 Å². The average molecular weight is 231 g/mol. The molecule has 1 aromatic rings. The summed E-state index contributed by atoms with van der Waals surface area (Å²) in [6, 6.07) is 6.68. The second-order valence-electron chi connectivity index (χ2n) is 5.44. The van der Waals surface area contributed by atoms with E-state index >= 15 is 0 Å². The normalized spacial score (nSPS) is 17.5. The summed E-state index contributed by atoms with van der Waals surface area (Å²) >= 11 is 0. The van der Waals surface area contributed by atoms with Crippen molar-refractivity contribution in [3.8, 4) is 0 Å². The van der Waals surface area contributed by atoms with Crippen LogP contribution in [0.3, 0.4) is 0 Å². The monoisotopic (exact) mass is 231 g/mol. The van der Waals surface area contributed by atoms with Crippen LogP contribution in [0.2, 0.25) is 0 Å². The van der Waals surface area contributed by atoms with Gasteiger partial charge < -0.3 is 4.90 Å². The second-order valence-corrected chi connectivity index (χ2v) is 5.44. The number of hydrogen-bond acceptors (Lipinski definition) is 1. The van der Waals surface area contributed by atoms with E-state index in [0.29, 0.717) is 0 Å². The molecule has 1 heterocycles. The first-order valence-electron chi connectivity index (χ1n) is 7.03. The zero-order chi connectivity index (χ0) is 12.3. The fourth-order valence-corrected chi connectivity index (χ4v) is 2.95. The van der Waals surface area contributed by atoms with Gasteiger partial charge in [0.1, 0.15) is 0 Å². The minimum Gasteiger partial charge on any atom is -0.371 e. The Hall–Kier alpha value is -0.980. The lowest BCUT2D eigenvalue weighted by molar-refractivity contribution is 0.378. The Morgan fingerprint density at radius 2 is 1.88 bits per heavy atom. The summed E-state index contributed by atoms with van der Waals surface area (Å²) in [4.78, 5) is 2.58. The summed E-state index contributed by atoms with van der Waals surface area (Å²) in [5.41, 5.74) is 4.33. The van der Waals surface area contributed by atoms with Crippen LogP contribution in [0.5, 0.6) is 0 Å². The van der Waals surface area contributed by atoms with Crippen molar-refractivity contribution in [1.29, 1.82) is 0 Å². The van der Waals surface area contributed by atoms with Crippen LogP contribution in [0.15, 0.2) is 18.2 Å². The van der Waals surface area contributed by atoms with E-state index in [2.05, 4.69) is 43.9 Å². The van der Waals surface area contributed by atoms with E-state index in [1.165, 1.54) is 55.6 Å². The van der Waals surface area contributed by atoms with Crippen LogP contribution >= 0.6 is 0 Å². The molecule has 0 unspecified atom stereocenters. The molecule has 1 fully saturated rings. The lowest BCUT2D eigenvalue weighted by Crippen LogP contribution is -2.34. The summed E-state index contributed by atoms with van der Waals surface area (Å²) in [6.07, 6.45) is 5.51. The first-order chi connectivity index (χ1) is 8.22. The minimum atomic E-state index is 0.973. The molecule has 1 heteroatoms. The fraction of sp³-hybridized carbons (Fsp3) is 0.625. The number of aryl methyl sites for hydroxylation is 1. The lowest BCUT2D eigenvalue weighted by Gasteiger charge is -2.34. The summed E-state index contributed by atoms with van der Waals surface area (Å²) < 4.78 is 0. The third-order valence-electron chi connectivity index (χ3n) is 4.23. The van der Waals surface area contributed by atoms with Gasteiger partial charge in [0, 0.05) is 18.8 Å². The summed E-state index contributed by atoms with van der Waals surface area (Å²) in [5.74, 6) is 0.973. The molecule has 0 spiro atoms. The molecule has 1 aliphatic rings. The molecule has 0 radical (unpaired) electrons. The minimum absolute atomic E-state index is 0.973. The van der Waals surface area contributed by atoms with E-state index in [-0.39, 0.29) is 0 Å². The zero-order valence-corrected chi connectivity index (χ0v) is 11.5. The third kappa shape index (κ3) is 2.83. The van der Waals surface area contributed by atoms with Crippen LogP contribution in [-0.2, 0) is 0 Å². The highest BCUT2D eigenvalue weighted by molar-refractivity contribution is 5.56. The van der Waals surface area contributed by atoms with Gasteiger partial charge in [0.05, 0.1) is 0 Å². The van der Waals surface area contributed by atoms with Gasteiger partial charge in [0.25, 0.3) is 0 Å². The molecule has 0 atom stereocenters. The smallest absolute Gasteiger partial charge is 0.0398 e. The molecule has 2 rings (SSSR count). The molecule has 0 N–H and O–H groups in total. The van der Waals surface area contributed by atoms with Gasteiger partial charge in [0.15, 0.2) is 0 Å². The number of hydrogen-bond donors (Lipinski definition) is 0. The third-order valence-corrected chi connectivity index (χ3v) is 4.23. The number of anilines is 1. The van der Waals surface area contributed by atoms with Crippen molar-refractivity contribution in [1.82, 2.24) is 0 Å². The Bertz CT molecular complexity index is 362. The predicted molar refractivity (Wildman–Crippen MR) is 75.8 cm³/mol. The summed E-state index contributed by atoms with van der Waals surface area (Å²) in [6.45, 7) is 9.26. The van der Waals surface area contributed by atoms with Crippen molar-refractivity contribution in [3.05, 3.63) is 29.3 Å². The van der Waals surface area contributed by atoms with Crippen molar-refractivity contribution >= 4 is 5.69 Å². The standard InChI is InChI=1S/C16H25N/c1-4-6-15-9-11-17(12-10-15)16-8-5-7-13(2)14(16)3/h5,7-8,15H,4,6,9-12H2,1-3H3. The zero-order valence-electron chi connectivity index (χ0n) is 11.5. The molecule has 1 saturated heterocycles. The Labute approximate surface area is 106 Å². The van der Waals surface area contributed by atoms with Gasteiger partial charge in [-0.2, -0.15) is 0 Å². The Morgan fingerprint density at radius 3 is 2.53 bits per heavy atom. The highest BCUT2D eigenvalue weighted by atomic mass is 15.1. The Balaban J connectivity index is 2.03. The van der Waals surface area contributed by atoms with Crippen LogP contribution < -0.4 is 4.90 Å². The van der Waals surface area contributed by atoms with Crippen molar-refractivity contribution in [2.24, 2.45) is 5.92 Å². The highest BCUT2D eigenvalue weighted by Gasteiger charge is 2.19. The molecule has 0 amide bonds. The number of nitrogens with zero attached hydrogens (tertiary/aromatic N) is 1. The molecule has 1 aliphatic heterocycles. The van der Waals surface area contributed by atoms with Gasteiger partial charge in [-0.3, -0.25) is 0 Å². The van der Waals surface area contributed by atoms with Crippen LogP contribution in [-0.4, -0.2) is 13.1 Å². The van der Waals surface area contributed by atoms with Crippen LogP contribution in [0.1, 0.15) is 43.7 Å². The van der Waals surface area contributed by atoms with Crippen molar-refractivity contribution in [2.75, 3.05) is 18.0 Å². The predicted octanol–water partition coefficient (Wildman–Crippen LogP) is 4.32. The van der Waals surface area contributed by atoms with E-state index in [1.807, 2.05) is 0 Å². The molecule has 1 nitrogen and oxygen atoms in total. The van der Waals surface area contributed by atoms with E-state index in [1.54, 1.807) is 0 Å². The molecule has 94 valence electrons. The van der Waals surface area contributed by atoms with E-state index in [9.17, 15) is 0 Å². The fourth-order valence-electron chi connectivity index (χ4n) is 2.95. The summed E-state index contributed by atoms with van der Waals surface area (Å²) in [7, 11) is 0. The Morgan fingerprint density at radius 1 is 1.18 bits per heavy atom. The van der Waals surface area contributed by atoms with Crippen molar-refractivity contribution in [2.45, 2.75) is 46.5 Å². The molecule has 0 aliphatic carbocycles. The average Bonchev–Trinajstić information content (AvgIpc) is 2.34. The highest BCUT2D eigenvalue weighted by Crippen LogP contribution is 2.29. The second kappa shape index (κ2) is 5.57. The molecule has 0 aromatic heterocycles. The number of benzene rings is 1. The van der Waals surface area contributed by atoms with Gasteiger partial charge in [0.2, 0.25) is 0 Å². The quantitative estimate of drug-likeness (QED) is 0.749. The molecule has 1 aromatic carbocycles. The maximum atomic E-state index is 2.58. The molecular formula is C16H25N. The van der Waals surface area contributed by atoms with Gasteiger partial charge in [-0.05, 0) is 49.8 Å². The SMILES string of the molecule is CCCC1CCN(c2cccc(C)c2C)CC1. The maximum absolute atomic E-state index is 2.58. The van der Waals surface area contributed by atoms with Gasteiger partial charge >= 0.3 is 0 Å². The van der Waals surface area contributed by atoms with Crippen molar-refractivity contribution in [3.63, 3.8) is 0 Å². The van der Waals surface area contributed by atoms with E-state index in [0.717, 1.165) is 5.92 Å². The first kappa shape index (κ1) is 12.5. The van der Waals surface area contributed by atoms with E-state index < -0.39 is 0 Å². The van der Waals surface area contributed by atoms with Gasteiger partial charge in [-0.15, -0.1) is 0 Å². The van der Waals surface area contributed by atoms with Crippen LogP contribution in [0.4, 0.5) is 5.69 Å². The first-order valence-corrected chi connectivity index (χ1v) is 7.03. The molecule has 0 saturated carbocycles. The largest absolute Gasteiger partial charge is 0.371 e. The Kier molecular flexibility index (Phi) is 4.09. The summed E-state index contributed by atoms with van der Waals surface area (Å²) in [5, 5.41) is 0. The number of piperidine rings is 1. The van der Waals surface area contributed by atoms with E-state index in [4.69, 9.17) is 0 Å². The topological polar surface area (TPSA) is 3.24 Å². The molecular weight excluding hydrogens is 206 g/mol. The van der Waals surface area contributed by atoms with Crippen LogP contribution in [0, 0.1) is 19.8 Å². The maximum Gasteiger partial charge on any atom is 0.0398 e. The van der Waals surface area contributed by atoms with Crippen molar-refractivity contribution < 1.29 is 0 Å². The molecule has 17 heavy (non-hydrogen) atoms. The lowest BCUT2D eigenvalue weighted by atomic mass is 9.92.